The van der Waals surface area contributed by atoms with E-state index in [0.717, 1.165) is 10.6 Å². The lowest BCUT2D eigenvalue weighted by atomic mass is 9.96. The molecule has 0 amide bonds. The molecule has 1 atom stereocenters. The highest BCUT2D eigenvalue weighted by Crippen LogP contribution is 2.35. The van der Waals surface area contributed by atoms with Crippen LogP contribution in [0.25, 0.3) is 0 Å². The Morgan fingerprint density at radius 1 is 0.842 bits per heavy atom. The quantitative estimate of drug-likeness (QED) is 0.584. The third-order valence-corrected chi connectivity index (χ3v) is 5.07. The Kier molecular flexibility index (Phi) is 4.37. The summed E-state index contributed by atoms with van der Waals surface area (Å²) >= 11 is 9.99. The van der Waals surface area contributed by atoms with Gasteiger partial charge in [-0.2, -0.15) is 0 Å². The second-order valence-corrected chi connectivity index (χ2v) is 6.49. The predicted octanol–water partition coefficient (Wildman–Crippen LogP) is 6.06. The molecule has 0 saturated heterocycles. The van der Waals surface area contributed by atoms with Crippen LogP contribution < -0.4 is 0 Å². The molecule has 0 spiro atoms. The standard InChI is InChI=1S/C17H18BrCl/c1-10-5-6-14(7-11(10)2)17(18)15-8-13(4)16(19)9-12(15)3/h5-9,17H,1-4H3. The van der Waals surface area contributed by atoms with Crippen molar-refractivity contribution in [2.24, 2.45) is 0 Å². The number of alkyl halides is 1. The zero-order valence-electron chi connectivity index (χ0n) is 11.7. The Morgan fingerprint density at radius 3 is 2.16 bits per heavy atom. The Bertz CT molecular complexity index is 617. The van der Waals surface area contributed by atoms with Gasteiger partial charge in [-0.3, -0.25) is 0 Å². The first kappa shape index (κ1) is 14.6. The van der Waals surface area contributed by atoms with Crippen LogP contribution in [0.1, 0.15) is 38.2 Å². The summed E-state index contributed by atoms with van der Waals surface area (Å²) in [7, 11) is 0. The molecule has 0 nitrogen and oxygen atoms in total. The Labute approximate surface area is 128 Å². The van der Waals surface area contributed by atoms with Crippen molar-refractivity contribution < 1.29 is 0 Å². The molecule has 2 aromatic carbocycles. The first-order chi connectivity index (χ1) is 8.90. The molecule has 2 aromatic rings. The molecule has 0 aliphatic heterocycles. The van der Waals surface area contributed by atoms with Gasteiger partial charge >= 0.3 is 0 Å². The van der Waals surface area contributed by atoms with Crippen molar-refractivity contribution in [2.45, 2.75) is 32.5 Å². The lowest BCUT2D eigenvalue weighted by molar-refractivity contribution is 1.12. The Hall–Kier alpha value is -0.790. The van der Waals surface area contributed by atoms with Crippen LogP contribution in [0, 0.1) is 27.7 Å². The van der Waals surface area contributed by atoms with E-state index >= 15 is 0 Å². The van der Waals surface area contributed by atoms with E-state index in [4.69, 9.17) is 11.6 Å². The number of hydrogen-bond donors (Lipinski definition) is 0. The lowest BCUT2D eigenvalue weighted by Crippen LogP contribution is -1.98. The zero-order valence-corrected chi connectivity index (χ0v) is 14.1. The third kappa shape index (κ3) is 3.04. The molecule has 0 saturated carbocycles. The molecule has 2 rings (SSSR count). The largest absolute Gasteiger partial charge is 0.0840 e. The van der Waals surface area contributed by atoms with Gasteiger partial charge in [0.25, 0.3) is 0 Å². The van der Waals surface area contributed by atoms with E-state index in [0.29, 0.717) is 0 Å². The number of hydrogen-bond acceptors (Lipinski definition) is 0. The number of rotatable bonds is 2. The average molecular weight is 338 g/mol. The molecule has 1 unspecified atom stereocenters. The first-order valence-electron chi connectivity index (χ1n) is 6.38. The highest BCUT2D eigenvalue weighted by atomic mass is 79.9. The van der Waals surface area contributed by atoms with Crippen LogP contribution in [0.4, 0.5) is 0 Å². The van der Waals surface area contributed by atoms with E-state index in [1.807, 2.05) is 13.0 Å². The normalized spacial score (nSPS) is 12.5. The van der Waals surface area contributed by atoms with Crippen molar-refractivity contribution in [1.29, 1.82) is 0 Å². The van der Waals surface area contributed by atoms with Crippen molar-refractivity contribution >= 4 is 27.5 Å². The van der Waals surface area contributed by atoms with Crippen LogP contribution in [0.3, 0.4) is 0 Å². The summed E-state index contributed by atoms with van der Waals surface area (Å²) in [4.78, 5) is 0.211. The second-order valence-electron chi connectivity index (χ2n) is 5.16. The highest BCUT2D eigenvalue weighted by molar-refractivity contribution is 9.09. The molecule has 19 heavy (non-hydrogen) atoms. The summed E-state index contributed by atoms with van der Waals surface area (Å²) in [6.45, 7) is 8.44. The fourth-order valence-electron chi connectivity index (χ4n) is 2.18. The van der Waals surface area contributed by atoms with Gasteiger partial charge in [0, 0.05) is 5.02 Å². The minimum atomic E-state index is 0.211. The van der Waals surface area contributed by atoms with Crippen molar-refractivity contribution in [3.05, 3.63) is 68.7 Å². The van der Waals surface area contributed by atoms with Crippen molar-refractivity contribution in [1.82, 2.24) is 0 Å². The van der Waals surface area contributed by atoms with E-state index in [2.05, 4.69) is 61.0 Å². The topological polar surface area (TPSA) is 0 Å². The third-order valence-electron chi connectivity index (χ3n) is 3.64. The molecule has 2 heteroatoms. The zero-order chi connectivity index (χ0) is 14.2. The van der Waals surface area contributed by atoms with Gasteiger partial charge in [-0.15, -0.1) is 0 Å². The van der Waals surface area contributed by atoms with Crippen LogP contribution in [0.15, 0.2) is 30.3 Å². The van der Waals surface area contributed by atoms with Crippen LogP contribution in [0.2, 0.25) is 5.02 Å². The van der Waals surface area contributed by atoms with Gasteiger partial charge in [-0.1, -0.05) is 51.8 Å². The molecule has 0 aliphatic rings. The average Bonchev–Trinajstić information content (AvgIpc) is 2.36. The maximum Gasteiger partial charge on any atom is 0.0647 e. The molecule has 100 valence electrons. The Morgan fingerprint density at radius 2 is 1.53 bits per heavy atom. The summed E-state index contributed by atoms with van der Waals surface area (Å²) in [5, 5.41) is 0.834. The SMILES string of the molecule is Cc1ccc(C(Br)c2cc(C)c(Cl)cc2C)cc1C. The summed E-state index contributed by atoms with van der Waals surface area (Å²) in [5.41, 5.74) is 7.56. The van der Waals surface area contributed by atoms with E-state index in [9.17, 15) is 0 Å². The van der Waals surface area contributed by atoms with Gasteiger partial charge in [0.05, 0.1) is 4.83 Å². The fourth-order valence-corrected chi connectivity index (χ4v) is 3.17. The fraction of sp³-hybridized carbons (Fsp3) is 0.294. The van der Waals surface area contributed by atoms with E-state index in [1.54, 1.807) is 0 Å². The maximum absolute atomic E-state index is 6.17. The summed E-state index contributed by atoms with van der Waals surface area (Å²) in [5.74, 6) is 0. The van der Waals surface area contributed by atoms with Gasteiger partial charge in [0.1, 0.15) is 0 Å². The molecule has 0 N–H and O–H groups in total. The summed E-state index contributed by atoms with van der Waals surface area (Å²) < 4.78 is 0. The lowest BCUT2D eigenvalue weighted by Gasteiger charge is -2.16. The number of aryl methyl sites for hydroxylation is 4. The van der Waals surface area contributed by atoms with E-state index in [1.165, 1.54) is 27.8 Å². The predicted molar refractivity (Wildman–Crippen MR) is 87.6 cm³/mol. The van der Waals surface area contributed by atoms with Crippen LogP contribution in [-0.2, 0) is 0 Å². The second kappa shape index (κ2) is 5.68. The first-order valence-corrected chi connectivity index (χ1v) is 7.67. The minimum Gasteiger partial charge on any atom is -0.0840 e. The van der Waals surface area contributed by atoms with Gasteiger partial charge in [0.2, 0.25) is 0 Å². The van der Waals surface area contributed by atoms with Gasteiger partial charge < -0.3 is 0 Å². The van der Waals surface area contributed by atoms with Crippen LogP contribution in [-0.4, -0.2) is 0 Å². The molecule has 0 heterocycles. The summed E-state index contributed by atoms with van der Waals surface area (Å²) in [6.07, 6.45) is 0. The molecule has 0 aliphatic carbocycles. The maximum atomic E-state index is 6.17. The van der Waals surface area contributed by atoms with Gasteiger partial charge in [-0.25, -0.2) is 0 Å². The minimum absolute atomic E-state index is 0.211. The van der Waals surface area contributed by atoms with Crippen molar-refractivity contribution in [2.75, 3.05) is 0 Å². The van der Waals surface area contributed by atoms with Gasteiger partial charge in [0.15, 0.2) is 0 Å². The number of halogens is 2. The Balaban J connectivity index is 2.46. The molecular weight excluding hydrogens is 320 g/mol. The van der Waals surface area contributed by atoms with Crippen LogP contribution in [0.5, 0.6) is 0 Å². The van der Waals surface area contributed by atoms with E-state index in [-0.39, 0.29) is 4.83 Å². The molecule has 0 bridgehead atoms. The molecule has 0 aromatic heterocycles. The highest BCUT2D eigenvalue weighted by Gasteiger charge is 2.14. The smallest absolute Gasteiger partial charge is 0.0647 e. The summed E-state index contributed by atoms with van der Waals surface area (Å²) in [6, 6.07) is 10.8. The molecular formula is C17H18BrCl. The number of benzene rings is 2. The van der Waals surface area contributed by atoms with E-state index < -0.39 is 0 Å². The van der Waals surface area contributed by atoms with Crippen molar-refractivity contribution in [3.63, 3.8) is 0 Å². The van der Waals surface area contributed by atoms with Crippen LogP contribution >= 0.6 is 27.5 Å². The molecule has 0 fully saturated rings. The molecule has 0 radical (unpaired) electrons. The van der Waals surface area contributed by atoms with Crippen molar-refractivity contribution in [3.8, 4) is 0 Å². The monoisotopic (exact) mass is 336 g/mol. The van der Waals surface area contributed by atoms with Gasteiger partial charge in [-0.05, 0) is 67.1 Å².